The number of aromatic nitrogens is 1. The summed E-state index contributed by atoms with van der Waals surface area (Å²) >= 11 is 0. The molecule has 0 atom stereocenters. The Morgan fingerprint density at radius 3 is 2.00 bits per heavy atom. The van der Waals surface area contributed by atoms with Crippen molar-refractivity contribution in [1.29, 1.82) is 0 Å². The molecule has 5 nitrogen and oxygen atoms in total. The van der Waals surface area contributed by atoms with Crippen molar-refractivity contribution in [2.45, 2.75) is 0 Å². The Morgan fingerprint density at radius 1 is 0.840 bits per heavy atom. The molecule has 4 aromatic rings. The molecule has 5 heteroatoms. The van der Waals surface area contributed by atoms with Gasteiger partial charge in [0.2, 0.25) is 0 Å². The summed E-state index contributed by atoms with van der Waals surface area (Å²) in [6.45, 7) is 0. The standard InChI is InChI=1S/C20H15NO4/c1-23-20-12-13(6-7-17(20)22)14-10-15(18-4-2-8-24-18)21-16(11-14)19-5-3-9-25-19/h2-12,22H,1H3. The molecule has 0 bridgehead atoms. The summed E-state index contributed by atoms with van der Waals surface area (Å²) in [6, 6.07) is 16.4. The Morgan fingerprint density at radius 2 is 1.48 bits per heavy atom. The molecule has 0 saturated heterocycles. The second-order valence-electron chi connectivity index (χ2n) is 5.47. The number of methoxy groups -OCH3 is 1. The smallest absolute Gasteiger partial charge is 0.161 e. The summed E-state index contributed by atoms with van der Waals surface area (Å²) in [5, 5.41) is 9.82. The molecule has 0 aliphatic carbocycles. The molecule has 0 aliphatic heterocycles. The Balaban J connectivity index is 1.90. The lowest BCUT2D eigenvalue weighted by atomic mass is 10.0. The highest BCUT2D eigenvalue weighted by Crippen LogP contribution is 2.35. The van der Waals surface area contributed by atoms with Crippen LogP contribution in [0.25, 0.3) is 34.0 Å². The highest BCUT2D eigenvalue weighted by Gasteiger charge is 2.13. The first-order valence-corrected chi connectivity index (χ1v) is 7.72. The normalized spacial score (nSPS) is 10.8. The van der Waals surface area contributed by atoms with Gasteiger partial charge in [-0.15, -0.1) is 0 Å². The van der Waals surface area contributed by atoms with E-state index in [2.05, 4.69) is 4.98 Å². The number of rotatable bonds is 4. The molecule has 0 aliphatic rings. The number of pyridine rings is 1. The van der Waals surface area contributed by atoms with Gasteiger partial charge in [0, 0.05) is 0 Å². The molecule has 0 amide bonds. The van der Waals surface area contributed by atoms with E-state index in [1.165, 1.54) is 7.11 Å². The summed E-state index contributed by atoms with van der Waals surface area (Å²) in [7, 11) is 1.52. The van der Waals surface area contributed by atoms with Gasteiger partial charge in [-0.05, 0) is 59.7 Å². The van der Waals surface area contributed by atoms with E-state index in [1.54, 1.807) is 24.7 Å². The molecule has 1 aromatic carbocycles. The van der Waals surface area contributed by atoms with Gasteiger partial charge >= 0.3 is 0 Å². The third-order valence-corrected chi connectivity index (χ3v) is 3.89. The van der Waals surface area contributed by atoms with Crippen LogP contribution in [0.15, 0.2) is 76.0 Å². The van der Waals surface area contributed by atoms with Crippen LogP contribution in [-0.2, 0) is 0 Å². The highest BCUT2D eigenvalue weighted by molar-refractivity contribution is 5.75. The van der Waals surface area contributed by atoms with Crippen molar-refractivity contribution in [3.05, 3.63) is 67.1 Å². The van der Waals surface area contributed by atoms with E-state index in [9.17, 15) is 5.11 Å². The predicted molar refractivity (Wildman–Crippen MR) is 93.3 cm³/mol. The fraction of sp³-hybridized carbons (Fsp3) is 0.0500. The Bertz CT molecular complexity index is 936. The summed E-state index contributed by atoms with van der Waals surface area (Å²) in [4.78, 5) is 4.64. The second kappa shape index (κ2) is 6.20. The minimum atomic E-state index is 0.0952. The second-order valence-corrected chi connectivity index (χ2v) is 5.47. The van der Waals surface area contributed by atoms with Gasteiger partial charge in [-0.25, -0.2) is 4.98 Å². The van der Waals surface area contributed by atoms with Crippen molar-refractivity contribution in [2.24, 2.45) is 0 Å². The van der Waals surface area contributed by atoms with Gasteiger partial charge in [0.1, 0.15) is 11.4 Å². The molecule has 0 unspecified atom stereocenters. The maximum absolute atomic E-state index is 9.82. The zero-order valence-corrected chi connectivity index (χ0v) is 13.5. The zero-order chi connectivity index (χ0) is 17.2. The molecule has 0 radical (unpaired) electrons. The quantitative estimate of drug-likeness (QED) is 0.570. The van der Waals surface area contributed by atoms with Crippen LogP contribution in [0.2, 0.25) is 0 Å². The van der Waals surface area contributed by atoms with Crippen molar-refractivity contribution < 1.29 is 18.7 Å². The molecule has 0 spiro atoms. The lowest BCUT2D eigenvalue weighted by Gasteiger charge is -2.09. The lowest BCUT2D eigenvalue weighted by molar-refractivity contribution is 0.373. The van der Waals surface area contributed by atoms with Crippen molar-refractivity contribution >= 4 is 0 Å². The van der Waals surface area contributed by atoms with Crippen molar-refractivity contribution in [1.82, 2.24) is 4.98 Å². The van der Waals surface area contributed by atoms with E-state index in [0.29, 0.717) is 28.7 Å². The van der Waals surface area contributed by atoms with E-state index in [1.807, 2.05) is 42.5 Å². The predicted octanol–water partition coefficient (Wildman–Crippen LogP) is 4.98. The molecular weight excluding hydrogens is 318 g/mol. The van der Waals surface area contributed by atoms with Crippen LogP contribution in [0.1, 0.15) is 0 Å². The summed E-state index contributed by atoms with van der Waals surface area (Å²) in [6.07, 6.45) is 3.22. The zero-order valence-electron chi connectivity index (χ0n) is 13.5. The number of hydrogen-bond acceptors (Lipinski definition) is 5. The largest absolute Gasteiger partial charge is 0.504 e. The maximum atomic E-state index is 9.82. The molecule has 4 rings (SSSR count). The minimum absolute atomic E-state index is 0.0952. The molecular formula is C20H15NO4. The first-order chi connectivity index (χ1) is 12.2. The van der Waals surface area contributed by atoms with Crippen LogP contribution in [-0.4, -0.2) is 17.2 Å². The van der Waals surface area contributed by atoms with E-state index in [0.717, 1.165) is 11.1 Å². The number of aromatic hydroxyl groups is 1. The maximum Gasteiger partial charge on any atom is 0.161 e. The van der Waals surface area contributed by atoms with Crippen LogP contribution < -0.4 is 4.74 Å². The first kappa shape index (κ1) is 15.1. The van der Waals surface area contributed by atoms with Gasteiger partial charge in [-0.2, -0.15) is 0 Å². The van der Waals surface area contributed by atoms with E-state index in [-0.39, 0.29) is 5.75 Å². The monoisotopic (exact) mass is 333 g/mol. The molecule has 0 fully saturated rings. The van der Waals surface area contributed by atoms with Gasteiger partial charge in [0.25, 0.3) is 0 Å². The number of ether oxygens (including phenoxy) is 1. The minimum Gasteiger partial charge on any atom is -0.504 e. The summed E-state index contributed by atoms with van der Waals surface area (Å²) < 4.78 is 16.2. The number of phenols is 1. The van der Waals surface area contributed by atoms with Crippen LogP contribution in [0.4, 0.5) is 0 Å². The van der Waals surface area contributed by atoms with Gasteiger partial charge in [-0.3, -0.25) is 0 Å². The fourth-order valence-electron chi connectivity index (χ4n) is 2.66. The van der Waals surface area contributed by atoms with E-state index < -0.39 is 0 Å². The van der Waals surface area contributed by atoms with E-state index >= 15 is 0 Å². The van der Waals surface area contributed by atoms with Crippen molar-refractivity contribution in [2.75, 3.05) is 7.11 Å². The van der Waals surface area contributed by atoms with Gasteiger partial charge < -0.3 is 18.7 Å². The lowest BCUT2D eigenvalue weighted by Crippen LogP contribution is -1.90. The number of nitrogens with zero attached hydrogens (tertiary/aromatic N) is 1. The van der Waals surface area contributed by atoms with Crippen LogP contribution >= 0.6 is 0 Å². The van der Waals surface area contributed by atoms with Crippen LogP contribution in [0, 0.1) is 0 Å². The molecule has 3 heterocycles. The third kappa shape index (κ3) is 2.87. The van der Waals surface area contributed by atoms with Gasteiger partial charge in [-0.1, -0.05) is 6.07 Å². The average Bonchev–Trinajstić information content (AvgIpc) is 3.35. The van der Waals surface area contributed by atoms with Gasteiger partial charge in [0.05, 0.1) is 19.6 Å². The molecule has 124 valence electrons. The van der Waals surface area contributed by atoms with Crippen LogP contribution in [0.5, 0.6) is 11.5 Å². The number of phenolic OH excluding ortho intramolecular Hbond substituents is 1. The number of hydrogen-bond donors (Lipinski definition) is 1. The van der Waals surface area contributed by atoms with Gasteiger partial charge in [0.15, 0.2) is 23.0 Å². The average molecular weight is 333 g/mol. The topological polar surface area (TPSA) is 68.6 Å². The fourth-order valence-corrected chi connectivity index (χ4v) is 2.66. The number of furan rings is 2. The number of benzene rings is 1. The molecule has 3 aromatic heterocycles. The summed E-state index contributed by atoms with van der Waals surface area (Å²) in [5.74, 6) is 1.84. The highest BCUT2D eigenvalue weighted by atomic mass is 16.5. The molecule has 1 N–H and O–H groups in total. The Labute approximate surface area is 144 Å². The Kier molecular flexibility index (Phi) is 3.74. The molecule has 25 heavy (non-hydrogen) atoms. The summed E-state index contributed by atoms with van der Waals surface area (Å²) in [5.41, 5.74) is 3.19. The Hall–Kier alpha value is -3.47. The van der Waals surface area contributed by atoms with Crippen molar-refractivity contribution in [3.63, 3.8) is 0 Å². The van der Waals surface area contributed by atoms with E-state index in [4.69, 9.17) is 13.6 Å². The third-order valence-electron chi connectivity index (χ3n) is 3.89. The van der Waals surface area contributed by atoms with Crippen molar-refractivity contribution in [3.8, 4) is 45.5 Å². The molecule has 0 saturated carbocycles. The first-order valence-electron chi connectivity index (χ1n) is 7.72. The SMILES string of the molecule is COc1cc(-c2cc(-c3ccco3)nc(-c3ccco3)c2)ccc1O. The van der Waals surface area contributed by atoms with Crippen LogP contribution in [0.3, 0.4) is 0 Å².